The van der Waals surface area contributed by atoms with Crippen LogP contribution in [0, 0.1) is 13.8 Å². The van der Waals surface area contributed by atoms with Crippen molar-refractivity contribution in [3.05, 3.63) is 94.1 Å². The van der Waals surface area contributed by atoms with Crippen LogP contribution in [-0.4, -0.2) is 28.7 Å². The van der Waals surface area contributed by atoms with E-state index in [0.29, 0.717) is 24.4 Å². The van der Waals surface area contributed by atoms with Gasteiger partial charge in [0.05, 0.1) is 5.75 Å². The third-order valence-corrected chi connectivity index (χ3v) is 6.93. The van der Waals surface area contributed by atoms with Crippen molar-refractivity contribution in [2.75, 3.05) is 17.6 Å². The molecule has 0 aliphatic carbocycles. The normalized spacial score (nSPS) is 10.9. The molecule has 0 aliphatic heterocycles. The molecular weight excluding hydrogens is 510 g/mol. The summed E-state index contributed by atoms with van der Waals surface area (Å²) in [6.07, 6.45) is 2.06. The summed E-state index contributed by atoms with van der Waals surface area (Å²) >= 11 is 4.91. The summed E-state index contributed by atoms with van der Waals surface area (Å²) in [7, 11) is 0. The number of anilines is 1. The minimum atomic E-state index is -0.0672. The molecule has 2 amide bonds. The molecule has 0 saturated heterocycles. The summed E-state index contributed by atoms with van der Waals surface area (Å²) in [4.78, 5) is 26.1. The van der Waals surface area contributed by atoms with Crippen LogP contribution in [0.1, 0.15) is 21.5 Å². The number of aromatic nitrogens is 1. The van der Waals surface area contributed by atoms with Gasteiger partial charge in [-0.15, -0.1) is 11.8 Å². The summed E-state index contributed by atoms with van der Waals surface area (Å²) < 4.78 is 3.10. The van der Waals surface area contributed by atoms with E-state index in [1.165, 1.54) is 11.8 Å². The zero-order valence-corrected chi connectivity index (χ0v) is 21.5. The Balaban J connectivity index is 1.38. The summed E-state index contributed by atoms with van der Waals surface area (Å²) in [5, 5.41) is 7.05. The number of para-hydroxylation sites is 1. The molecular formula is C27H26BrN3O2S. The average molecular weight is 536 g/mol. The van der Waals surface area contributed by atoms with Crippen molar-refractivity contribution in [2.24, 2.45) is 0 Å². The number of amides is 2. The lowest BCUT2D eigenvalue weighted by molar-refractivity contribution is -0.113. The van der Waals surface area contributed by atoms with Crippen molar-refractivity contribution >= 4 is 56.1 Å². The predicted molar refractivity (Wildman–Crippen MR) is 144 cm³/mol. The SMILES string of the molecule is Cc1cc(C)cc(C(=O)NCCn2cc(SCC(=O)Nc3ccc(Br)cc3)c3ccccc32)c1. The highest BCUT2D eigenvalue weighted by Gasteiger charge is 2.12. The van der Waals surface area contributed by atoms with Crippen molar-refractivity contribution in [2.45, 2.75) is 25.3 Å². The highest BCUT2D eigenvalue weighted by atomic mass is 79.9. The Labute approximate surface area is 212 Å². The van der Waals surface area contributed by atoms with E-state index in [0.717, 1.165) is 37.1 Å². The van der Waals surface area contributed by atoms with Crippen molar-refractivity contribution in [1.29, 1.82) is 0 Å². The van der Waals surface area contributed by atoms with Gasteiger partial charge >= 0.3 is 0 Å². The maximum absolute atomic E-state index is 12.6. The number of nitrogens with one attached hydrogen (secondary N) is 2. The summed E-state index contributed by atoms with van der Waals surface area (Å²) in [6.45, 7) is 5.14. The minimum absolute atomic E-state index is 0.0511. The van der Waals surface area contributed by atoms with Gasteiger partial charge in [-0.2, -0.15) is 0 Å². The molecule has 0 atom stereocenters. The van der Waals surface area contributed by atoms with Crippen LogP contribution in [0.4, 0.5) is 5.69 Å². The zero-order chi connectivity index (χ0) is 24.1. The highest BCUT2D eigenvalue weighted by molar-refractivity contribution is 9.10. The van der Waals surface area contributed by atoms with Crippen LogP contribution in [0.25, 0.3) is 10.9 Å². The molecule has 0 fully saturated rings. The fourth-order valence-corrected chi connectivity index (χ4v) is 5.04. The van der Waals surface area contributed by atoms with E-state index in [1.54, 1.807) is 0 Å². The number of aryl methyl sites for hydroxylation is 2. The van der Waals surface area contributed by atoms with Crippen LogP contribution in [0.5, 0.6) is 0 Å². The lowest BCUT2D eigenvalue weighted by Crippen LogP contribution is -2.27. The van der Waals surface area contributed by atoms with Gasteiger partial charge < -0.3 is 15.2 Å². The molecule has 0 spiro atoms. The quantitative estimate of drug-likeness (QED) is 0.265. The van der Waals surface area contributed by atoms with E-state index in [4.69, 9.17) is 0 Å². The molecule has 4 aromatic rings. The van der Waals surface area contributed by atoms with Gasteiger partial charge in [0, 0.05) is 50.8 Å². The molecule has 1 heterocycles. The van der Waals surface area contributed by atoms with Gasteiger partial charge in [0.2, 0.25) is 5.91 Å². The first-order valence-corrected chi connectivity index (χ1v) is 12.8. The van der Waals surface area contributed by atoms with E-state index in [-0.39, 0.29) is 11.8 Å². The van der Waals surface area contributed by atoms with E-state index in [1.807, 2.05) is 62.4 Å². The molecule has 1 aromatic heterocycles. The fraction of sp³-hybridized carbons (Fsp3) is 0.185. The Morgan fingerprint density at radius 2 is 1.68 bits per heavy atom. The van der Waals surface area contributed by atoms with Crippen LogP contribution in [-0.2, 0) is 11.3 Å². The molecule has 4 rings (SSSR count). The largest absolute Gasteiger partial charge is 0.350 e. The Hall–Kier alpha value is -3.03. The van der Waals surface area contributed by atoms with Gasteiger partial charge in [-0.05, 0) is 56.3 Å². The monoisotopic (exact) mass is 535 g/mol. The molecule has 0 unspecified atom stereocenters. The number of fused-ring (bicyclic) bond motifs is 1. The van der Waals surface area contributed by atoms with Crippen LogP contribution < -0.4 is 10.6 Å². The number of benzene rings is 3. The van der Waals surface area contributed by atoms with Crippen molar-refractivity contribution in [1.82, 2.24) is 9.88 Å². The predicted octanol–water partition coefficient (Wildman–Crippen LogP) is 6.18. The summed E-state index contributed by atoms with van der Waals surface area (Å²) in [5.74, 6) is 0.195. The van der Waals surface area contributed by atoms with Gasteiger partial charge in [0.15, 0.2) is 0 Å². The van der Waals surface area contributed by atoms with Crippen molar-refractivity contribution in [3.63, 3.8) is 0 Å². The highest BCUT2D eigenvalue weighted by Crippen LogP contribution is 2.30. The Morgan fingerprint density at radius 1 is 0.971 bits per heavy atom. The number of hydrogen-bond acceptors (Lipinski definition) is 3. The van der Waals surface area contributed by atoms with Gasteiger partial charge in [0.25, 0.3) is 5.91 Å². The number of halogens is 1. The van der Waals surface area contributed by atoms with E-state index in [2.05, 4.69) is 55.5 Å². The number of carbonyl (C=O) groups is 2. The number of carbonyl (C=O) groups excluding carboxylic acids is 2. The first-order chi connectivity index (χ1) is 16.4. The van der Waals surface area contributed by atoms with Gasteiger partial charge in [-0.1, -0.05) is 51.3 Å². The molecule has 34 heavy (non-hydrogen) atoms. The minimum Gasteiger partial charge on any atom is -0.350 e. The molecule has 0 radical (unpaired) electrons. The average Bonchev–Trinajstić information content (AvgIpc) is 3.16. The van der Waals surface area contributed by atoms with Crippen LogP contribution in [0.15, 0.2) is 82.3 Å². The number of nitrogens with zero attached hydrogens (tertiary/aromatic N) is 1. The Bertz CT molecular complexity index is 1310. The number of hydrogen-bond donors (Lipinski definition) is 2. The summed E-state index contributed by atoms with van der Waals surface area (Å²) in [5.41, 5.74) is 4.69. The molecule has 174 valence electrons. The summed E-state index contributed by atoms with van der Waals surface area (Å²) in [6, 6.07) is 21.5. The molecule has 0 bridgehead atoms. The first kappa shape index (κ1) is 24.1. The van der Waals surface area contributed by atoms with Gasteiger partial charge in [-0.25, -0.2) is 0 Å². The van der Waals surface area contributed by atoms with E-state index >= 15 is 0 Å². The Kier molecular flexibility index (Phi) is 7.75. The van der Waals surface area contributed by atoms with Crippen LogP contribution >= 0.6 is 27.7 Å². The topological polar surface area (TPSA) is 63.1 Å². The zero-order valence-electron chi connectivity index (χ0n) is 19.1. The lowest BCUT2D eigenvalue weighted by atomic mass is 10.1. The second-order valence-electron chi connectivity index (χ2n) is 8.18. The fourth-order valence-electron chi connectivity index (χ4n) is 3.88. The third-order valence-electron chi connectivity index (χ3n) is 5.36. The Morgan fingerprint density at radius 3 is 2.41 bits per heavy atom. The first-order valence-electron chi connectivity index (χ1n) is 11.0. The van der Waals surface area contributed by atoms with Gasteiger partial charge in [-0.3, -0.25) is 9.59 Å². The standard InChI is InChI=1S/C27H26BrN3O2S/c1-18-13-19(2)15-20(14-18)27(33)29-11-12-31-16-25(23-5-3-4-6-24(23)31)34-17-26(32)30-22-9-7-21(28)8-10-22/h3-10,13-16H,11-12,17H2,1-2H3,(H,29,33)(H,30,32). The second kappa shape index (κ2) is 10.9. The smallest absolute Gasteiger partial charge is 0.251 e. The maximum atomic E-state index is 12.6. The van der Waals surface area contributed by atoms with Crippen LogP contribution in [0.3, 0.4) is 0 Å². The number of thioether (sulfide) groups is 1. The van der Waals surface area contributed by atoms with Crippen molar-refractivity contribution < 1.29 is 9.59 Å². The third kappa shape index (κ3) is 6.10. The lowest BCUT2D eigenvalue weighted by Gasteiger charge is -2.09. The van der Waals surface area contributed by atoms with Crippen molar-refractivity contribution in [3.8, 4) is 0 Å². The molecule has 5 nitrogen and oxygen atoms in total. The second-order valence-corrected chi connectivity index (χ2v) is 10.1. The van der Waals surface area contributed by atoms with E-state index < -0.39 is 0 Å². The maximum Gasteiger partial charge on any atom is 0.251 e. The molecule has 0 saturated carbocycles. The van der Waals surface area contributed by atoms with Crippen LogP contribution in [0.2, 0.25) is 0 Å². The van der Waals surface area contributed by atoms with E-state index in [9.17, 15) is 9.59 Å². The molecule has 7 heteroatoms. The number of rotatable bonds is 8. The molecule has 2 N–H and O–H groups in total. The van der Waals surface area contributed by atoms with Gasteiger partial charge in [0.1, 0.15) is 0 Å². The molecule has 0 aliphatic rings. The molecule has 3 aromatic carbocycles.